The van der Waals surface area contributed by atoms with E-state index in [1.54, 1.807) is 6.07 Å². The Morgan fingerprint density at radius 1 is 1.27 bits per heavy atom. The van der Waals surface area contributed by atoms with Crippen molar-refractivity contribution in [1.82, 2.24) is 10.3 Å². The van der Waals surface area contributed by atoms with Crippen molar-refractivity contribution in [3.05, 3.63) is 22.3 Å². The molecule has 1 fully saturated rings. The number of nitrogens with zero attached hydrogens (tertiary/aromatic N) is 1. The zero-order chi connectivity index (χ0) is 15.8. The molecule has 1 amide bonds. The average Bonchev–Trinajstić information content (AvgIpc) is 2.52. The normalized spacial score (nSPS) is 15.5. The zero-order valence-electron chi connectivity index (χ0n) is 12.4. The topological polar surface area (TPSA) is 63.2 Å². The largest absolute Gasteiger partial charge is 0.368 e. The van der Waals surface area contributed by atoms with Crippen LogP contribution in [0.5, 0.6) is 0 Å². The molecule has 1 aromatic rings. The van der Waals surface area contributed by atoms with Crippen molar-refractivity contribution in [3.63, 3.8) is 0 Å². The molecule has 0 aliphatic heterocycles. The van der Waals surface area contributed by atoms with Gasteiger partial charge in [0.15, 0.2) is 0 Å². The second-order valence-electron chi connectivity index (χ2n) is 5.33. The Morgan fingerprint density at radius 3 is 2.77 bits per heavy atom. The molecule has 7 heteroatoms. The van der Waals surface area contributed by atoms with Crippen LogP contribution in [0.1, 0.15) is 32.1 Å². The number of aromatic nitrogens is 1. The molecule has 2 N–H and O–H groups in total. The number of hydrogen-bond donors (Lipinski definition) is 2. The molecule has 5 nitrogen and oxygen atoms in total. The second-order valence-corrected chi connectivity index (χ2v) is 6.18. The molecule has 122 valence electrons. The summed E-state index contributed by atoms with van der Waals surface area (Å²) in [5, 5.41) is 6.79. The fourth-order valence-electron chi connectivity index (χ4n) is 2.40. The number of nitrogens with one attached hydrogen (secondary N) is 2. The van der Waals surface area contributed by atoms with Crippen molar-refractivity contribution < 1.29 is 9.53 Å². The Morgan fingerprint density at radius 2 is 2.05 bits per heavy atom. The summed E-state index contributed by atoms with van der Waals surface area (Å²) >= 11 is 11.8. The molecule has 0 radical (unpaired) electrons. The maximum absolute atomic E-state index is 11.7. The van der Waals surface area contributed by atoms with Crippen LogP contribution in [0.4, 0.5) is 5.82 Å². The van der Waals surface area contributed by atoms with Crippen LogP contribution in [-0.4, -0.2) is 36.7 Å². The predicted octanol–water partition coefficient (Wildman–Crippen LogP) is 3.27. The lowest BCUT2D eigenvalue weighted by Crippen LogP contribution is -2.33. The maximum Gasteiger partial charge on any atom is 0.246 e. The molecule has 1 saturated carbocycles. The van der Waals surface area contributed by atoms with E-state index in [0.717, 1.165) is 12.8 Å². The summed E-state index contributed by atoms with van der Waals surface area (Å²) in [4.78, 5) is 15.8. The predicted molar refractivity (Wildman–Crippen MR) is 88.6 cm³/mol. The van der Waals surface area contributed by atoms with Crippen molar-refractivity contribution in [1.29, 1.82) is 0 Å². The minimum atomic E-state index is -0.0949. The fraction of sp³-hybridized carbons (Fsp3) is 0.600. The van der Waals surface area contributed by atoms with E-state index in [-0.39, 0.29) is 18.6 Å². The monoisotopic (exact) mass is 345 g/mol. The smallest absolute Gasteiger partial charge is 0.246 e. The van der Waals surface area contributed by atoms with Gasteiger partial charge in [-0.3, -0.25) is 4.79 Å². The number of anilines is 1. The molecule has 1 aliphatic carbocycles. The van der Waals surface area contributed by atoms with Crippen molar-refractivity contribution in [2.75, 3.05) is 25.0 Å². The lowest BCUT2D eigenvalue weighted by Gasteiger charge is -2.21. The lowest BCUT2D eigenvalue weighted by molar-refractivity contribution is -0.128. The Balaban J connectivity index is 1.58. The van der Waals surface area contributed by atoms with Crippen LogP contribution < -0.4 is 10.6 Å². The first kappa shape index (κ1) is 17.3. The average molecular weight is 346 g/mol. The number of hydrogen-bond acceptors (Lipinski definition) is 4. The Bertz CT molecular complexity index is 494. The number of halogens is 2. The third kappa shape index (κ3) is 5.99. The molecule has 0 unspecified atom stereocenters. The minimum Gasteiger partial charge on any atom is -0.368 e. The first-order chi connectivity index (χ1) is 10.6. The molecule has 0 bridgehead atoms. The molecule has 22 heavy (non-hydrogen) atoms. The number of carbonyl (C=O) groups is 1. The number of rotatable bonds is 7. The van der Waals surface area contributed by atoms with Gasteiger partial charge in [0, 0.05) is 19.3 Å². The summed E-state index contributed by atoms with van der Waals surface area (Å²) in [5.41, 5.74) is 0. The van der Waals surface area contributed by atoms with Gasteiger partial charge in [0.05, 0.1) is 16.1 Å². The van der Waals surface area contributed by atoms with Gasteiger partial charge < -0.3 is 15.4 Å². The fourth-order valence-corrected chi connectivity index (χ4v) is 2.85. The van der Waals surface area contributed by atoms with Gasteiger partial charge in [-0.15, -0.1) is 0 Å². The van der Waals surface area contributed by atoms with Gasteiger partial charge in [-0.1, -0.05) is 42.5 Å². The molecule has 1 heterocycles. The van der Waals surface area contributed by atoms with Crippen LogP contribution in [0.3, 0.4) is 0 Å². The number of ether oxygens (including phenoxy) is 1. The van der Waals surface area contributed by atoms with Gasteiger partial charge in [0.25, 0.3) is 0 Å². The molecule has 2 rings (SSSR count). The highest BCUT2D eigenvalue weighted by molar-refractivity contribution is 6.35. The van der Waals surface area contributed by atoms with Crippen LogP contribution in [0.15, 0.2) is 12.3 Å². The van der Waals surface area contributed by atoms with Gasteiger partial charge in [-0.05, 0) is 18.9 Å². The van der Waals surface area contributed by atoms with Gasteiger partial charge in [0.1, 0.15) is 12.4 Å². The standard InChI is InChI=1S/C15H21Cl2N3O2/c16-11-8-13(17)15(20-9-11)19-7-6-18-14(21)10-22-12-4-2-1-3-5-12/h8-9,12H,1-7,10H2,(H,18,21)(H,19,20). The van der Waals surface area contributed by atoms with Gasteiger partial charge in [0.2, 0.25) is 5.91 Å². The number of carbonyl (C=O) groups excluding carboxylic acids is 1. The van der Waals surface area contributed by atoms with E-state index in [9.17, 15) is 4.79 Å². The SMILES string of the molecule is O=C(COC1CCCCC1)NCCNc1ncc(Cl)cc1Cl. The van der Waals surface area contributed by atoms with Crippen LogP contribution in [-0.2, 0) is 9.53 Å². The zero-order valence-corrected chi connectivity index (χ0v) is 13.9. The summed E-state index contributed by atoms with van der Waals surface area (Å²) < 4.78 is 5.61. The molecule has 1 aromatic heterocycles. The molecule has 0 spiro atoms. The summed E-state index contributed by atoms with van der Waals surface area (Å²) in [5.74, 6) is 0.460. The van der Waals surface area contributed by atoms with E-state index in [1.165, 1.54) is 25.5 Å². The van der Waals surface area contributed by atoms with E-state index in [0.29, 0.717) is 29.0 Å². The highest BCUT2D eigenvalue weighted by Gasteiger charge is 2.14. The van der Waals surface area contributed by atoms with E-state index in [1.807, 2.05) is 0 Å². The molecular formula is C15H21Cl2N3O2. The molecule has 0 aromatic carbocycles. The van der Waals surface area contributed by atoms with Crippen molar-refractivity contribution in [2.45, 2.75) is 38.2 Å². The Hall–Kier alpha value is -1.04. The molecule has 1 aliphatic rings. The lowest BCUT2D eigenvalue weighted by atomic mass is 9.98. The van der Waals surface area contributed by atoms with Crippen LogP contribution in [0.2, 0.25) is 10.0 Å². The summed E-state index contributed by atoms with van der Waals surface area (Å²) in [6, 6.07) is 1.62. The first-order valence-corrected chi connectivity index (χ1v) is 8.34. The van der Waals surface area contributed by atoms with E-state index >= 15 is 0 Å². The Kier molecular flexibility index (Phi) is 7.22. The minimum absolute atomic E-state index is 0.0949. The van der Waals surface area contributed by atoms with Crippen LogP contribution >= 0.6 is 23.2 Å². The molecule has 0 saturated heterocycles. The quantitative estimate of drug-likeness (QED) is 0.744. The summed E-state index contributed by atoms with van der Waals surface area (Å²) in [6.45, 7) is 1.14. The van der Waals surface area contributed by atoms with Crippen LogP contribution in [0.25, 0.3) is 0 Å². The molecule has 0 atom stereocenters. The number of amides is 1. The van der Waals surface area contributed by atoms with Crippen molar-refractivity contribution >= 4 is 34.9 Å². The van der Waals surface area contributed by atoms with Crippen molar-refractivity contribution in [3.8, 4) is 0 Å². The van der Waals surface area contributed by atoms with Crippen LogP contribution in [0, 0.1) is 0 Å². The first-order valence-electron chi connectivity index (χ1n) is 7.58. The third-order valence-corrected chi connectivity index (χ3v) is 4.04. The van der Waals surface area contributed by atoms with E-state index in [4.69, 9.17) is 27.9 Å². The van der Waals surface area contributed by atoms with E-state index in [2.05, 4.69) is 15.6 Å². The summed E-state index contributed by atoms with van der Waals surface area (Å²) in [7, 11) is 0. The maximum atomic E-state index is 11.7. The second kappa shape index (κ2) is 9.18. The third-order valence-electron chi connectivity index (χ3n) is 3.55. The molecular weight excluding hydrogens is 325 g/mol. The van der Waals surface area contributed by atoms with Gasteiger partial charge in [-0.25, -0.2) is 4.98 Å². The van der Waals surface area contributed by atoms with E-state index < -0.39 is 0 Å². The summed E-state index contributed by atoms with van der Waals surface area (Å²) in [6.07, 6.45) is 7.57. The number of pyridine rings is 1. The van der Waals surface area contributed by atoms with Crippen molar-refractivity contribution in [2.24, 2.45) is 0 Å². The van der Waals surface area contributed by atoms with Gasteiger partial charge in [-0.2, -0.15) is 0 Å². The highest BCUT2D eigenvalue weighted by Crippen LogP contribution is 2.22. The van der Waals surface area contributed by atoms with Gasteiger partial charge >= 0.3 is 0 Å². The Labute approximate surface area is 140 Å². The highest BCUT2D eigenvalue weighted by atomic mass is 35.5.